The van der Waals surface area contributed by atoms with Crippen molar-refractivity contribution in [3.8, 4) is 5.69 Å². The van der Waals surface area contributed by atoms with Crippen molar-refractivity contribution >= 4 is 11.0 Å². The number of benzene rings is 1. The Morgan fingerprint density at radius 3 is 2.35 bits per heavy atom. The van der Waals surface area contributed by atoms with E-state index in [4.69, 9.17) is 9.52 Å². The number of aromatic nitrogens is 2. The van der Waals surface area contributed by atoms with Gasteiger partial charge in [-0.3, -0.25) is 9.36 Å². The molecule has 3 aromatic rings. The van der Waals surface area contributed by atoms with Crippen molar-refractivity contribution in [2.24, 2.45) is 7.05 Å². The molecule has 1 N–H and O–H groups in total. The van der Waals surface area contributed by atoms with Gasteiger partial charge in [0.1, 0.15) is 23.7 Å². The van der Waals surface area contributed by atoms with E-state index in [1.165, 1.54) is 0 Å². The zero-order valence-electron chi connectivity index (χ0n) is 12.9. The fourth-order valence-electron chi connectivity index (χ4n) is 2.58. The highest BCUT2D eigenvalue weighted by molar-refractivity contribution is 5.87. The lowest BCUT2D eigenvalue weighted by atomic mass is 10.2. The van der Waals surface area contributed by atoms with Crippen LogP contribution >= 0.6 is 0 Å². The van der Waals surface area contributed by atoms with Crippen molar-refractivity contribution in [2.75, 3.05) is 0 Å². The first-order chi connectivity index (χ1) is 12.1. The number of hydrogen-bond acceptors (Lipinski definition) is 4. The first-order valence-electron chi connectivity index (χ1n) is 6.98. The van der Waals surface area contributed by atoms with Gasteiger partial charge in [-0.25, -0.2) is 18.1 Å². The zero-order valence-corrected chi connectivity index (χ0v) is 12.9. The Kier molecular flexibility index (Phi) is 3.98. The molecule has 26 heavy (non-hydrogen) atoms. The molecule has 0 aliphatic heterocycles. The monoisotopic (exact) mass is 376 g/mol. The van der Waals surface area contributed by atoms with Crippen LogP contribution in [0.25, 0.3) is 16.7 Å². The summed E-state index contributed by atoms with van der Waals surface area (Å²) >= 11 is 0. The SMILES string of the molecule is Cn1c(C(F)(F)F)cc(=O)n(-c2c(F)cc(F)c3oc(CO)cc23)c1=O. The van der Waals surface area contributed by atoms with E-state index in [2.05, 4.69) is 0 Å². The molecule has 6 nitrogen and oxygen atoms in total. The Morgan fingerprint density at radius 2 is 1.77 bits per heavy atom. The van der Waals surface area contributed by atoms with E-state index in [0.29, 0.717) is 6.07 Å². The largest absolute Gasteiger partial charge is 0.455 e. The molecule has 11 heteroatoms. The fraction of sp³-hybridized carbons (Fsp3) is 0.200. The number of fused-ring (bicyclic) bond motifs is 1. The molecule has 0 atom stereocenters. The van der Waals surface area contributed by atoms with Crippen molar-refractivity contribution in [2.45, 2.75) is 12.8 Å². The number of hydrogen-bond donors (Lipinski definition) is 1. The number of rotatable bonds is 2. The highest BCUT2D eigenvalue weighted by atomic mass is 19.4. The molecule has 0 bridgehead atoms. The molecule has 0 aliphatic carbocycles. The third-order valence-corrected chi connectivity index (χ3v) is 3.72. The molecule has 0 amide bonds. The smallest absolute Gasteiger partial charge is 0.431 e. The third kappa shape index (κ3) is 2.60. The van der Waals surface area contributed by atoms with Gasteiger partial charge in [-0.1, -0.05) is 0 Å². The molecule has 1 aromatic carbocycles. The first-order valence-corrected chi connectivity index (χ1v) is 6.98. The van der Waals surface area contributed by atoms with Gasteiger partial charge in [0.15, 0.2) is 17.2 Å². The van der Waals surface area contributed by atoms with Crippen molar-refractivity contribution in [3.63, 3.8) is 0 Å². The van der Waals surface area contributed by atoms with E-state index >= 15 is 0 Å². The number of aliphatic hydroxyl groups is 1. The fourth-order valence-corrected chi connectivity index (χ4v) is 2.58. The maximum atomic E-state index is 14.3. The molecule has 3 rings (SSSR count). The molecule has 2 heterocycles. The molecular weight excluding hydrogens is 367 g/mol. The van der Waals surface area contributed by atoms with Crippen LogP contribution in [0.4, 0.5) is 22.0 Å². The highest BCUT2D eigenvalue weighted by Gasteiger charge is 2.35. The van der Waals surface area contributed by atoms with Crippen LogP contribution < -0.4 is 11.2 Å². The minimum atomic E-state index is -4.98. The molecule has 0 radical (unpaired) electrons. The summed E-state index contributed by atoms with van der Waals surface area (Å²) in [6.45, 7) is -0.685. The van der Waals surface area contributed by atoms with Crippen LogP contribution in [0.3, 0.4) is 0 Å². The molecule has 0 saturated heterocycles. The van der Waals surface area contributed by atoms with Gasteiger partial charge < -0.3 is 9.52 Å². The second-order valence-electron chi connectivity index (χ2n) is 5.35. The summed E-state index contributed by atoms with van der Waals surface area (Å²) in [4.78, 5) is 24.4. The van der Waals surface area contributed by atoms with Gasteiger partial charge in [-0.05, 0) is 6.07 Å². The second kappa shape index (κ2) is 5.80. The normalized spacial score (nSPS) is 12.1. The van der Waals surface area contributed by atoms with E-state index in [9.17, 15) is 31.5 Å². The maximum Gasteiger partial charge on any atom is 0.431 e. The summed E-state index contributed by atoms with van der Waals surface area (Å²) in [6.07, 6.45) is -4.98. The summed E-state index contributed by atoms with van der Waals surface area (Å²) in [5, 5.41) is 8.69. The minimum absolute atomic E-state index is 0.128. The van der Waals surface area contributed by atoms with Crippen LogP contribution in [0.15, 0.2) is 32.2 Å². The van der Waals surface area contributed by atoms with E-state index < -0.39 is 52.6 Å². The van der Waals surface area contributed by atoms with Crippen LogP contribution in [-0.2, 0) is 19.8 Å². The van der Waals surface area contributed by atoms with E-state index in [1.54, 1.807) is 0 Å². The van der Waals surface area contributed by atoms with Crippen molar-refractivity contribution in [3.05, 3.63) is 62.1 Å². The van der Waals surface area contributed by atoms with Gasteiger partial charge in [-0.15, -0.1) is 0 Å². The Balaban J connectivity index is 2.46. The quantitative estimate of drug-likeness (QED) is 0.695. The third-order valence-electron chi connectivity index (χ3n) is 3.72. The van der Waals surface area contributed by atoms with Crippen LogP contribution in [0.2, 0.25) is 0 Å². The number of nitrogens with zero attached hydrogens (tertiary/aromatic N) is 2. The van der Waals surface area contributed by atoms with Crippen LogP contribution in [0, 0.1) is 11.6 Å². The van der Waals surface area contributed by atoms with Crippen molar-refractivity contribution in [1.82, 2.24) is 9.13 Å². The lowest BCUT2D eigenvalue weighted by Crippen LogP contribution is -2.41. The Morgan fingerprint density at radius 1 is 1.12 bits per heavy atom. The van der Waals surface area contributed by atoms with Gasteiger partial charge in [0.2, 0.25) is 0 Å². The average Bonchev–Trinajstić information content (AvgIpc) is 2.97. The first kappa shape index (κ1) is 17.9. The Hall–Kier alpha value is -2.95. The van der Waals surface area contributed by atoms with E-state index in [1.807, 2.05) is 0 Å². The van der Waals surface area contributed by atoms with E-state index in [-0.39, 0.29) is 26.3 Å². The molecule has 0 aliphatic rings. The number of alkyl halides is 3. The number of furan rings is 1. The zero-order chi connectivity index (χ0) is 19.4. The Bertz CT molecular complexity index is 1140. The molecular formula is C15H9F5N2O4. The minimum Gasteiger partial charge on any atom is -0.455 e. The second-order valence-corrected chi connectivity index (χ2v) is 5.35. The summed E-state index contributed by atoms with van der Waals surface area (Å²) in [5.41, 5.74) is -5.79. The Labute approximate surface area is 140 Å². The van der Waals surface area contributed by atoms with Gasteiger partial charge >= 0.3 is 11.9 Å². The predicted molar refractivity (Wildman–Crippen MR) is 77.9 cm³/mol. The van der Waals surface area contributed by atoms with Crippen LogP contribution in [0.5, 0.6) is 0 Å². The molecule has 0 spiro atoms. The molecule has 138 valence electrons. The summed E-state index contributed by atoms with van der Waals surface area (Å²) in [7, 11) is 0.758. The lowest BCUT2D eigenvalue weighted by molar-refractivity contribution is -0.144. The summed E-state index contributed by atoms with van der Waals surface area (Å²) in [6, 6.07) is 1.44. The molecule has 0 saturated carbocycles. The van der Waals surface area contributed by atoms with Crippen molar-refractivity contribution < 1.29 is 31.5 Å². The predicted octanol–water partition coefficient (Wildman–Crippen LogP) is 2.07. The number of halogens is 5. The topological polar surface area (TPSA) is 77.4 Å². The van der Waals surface area contributed by atoms with Crippen LogP contribution in [0.1, 0.15) is 11.5 Å². The van der Waals surface area contributed by atoms with E-state index in [0.717, 1.165) is 13.1 Å². The summed E-state index contributed by atoms with van der Waals surface area (Å²) in [5.74, 6) is -2.72. The van der Waals surface area contributed by atoms with Crippen LogP contribution in [-0.4, -0.2) is 14.2 Å². The lowest BCUT2D eigenvalue weighted by Gasteiger charge is -2.14. The highest BCUT2D eigenvalue weighted by Crippen LogP contribution is 2.31. The van der Waals surface area contributed by atoms with Gasteiger partial charge in [0.05, 0.1) is 5.39 Å². The number of aliphatic hydroxyl groups excluding tert-OH is 1. The molecule has 0 fully saturated rings. The van der Waals surface area contributed by atoms with Gasteiger partial charge in [-0.2, -0.15) is 13.2 Å². The maximum absolute atomic E-state index is 14.3. The molecule has 2 aromatic heterocycles. The standard InChI is InChI=1S/C15H9F5N2O4/c1-21-10(15(18,19)20)4-11(24)22(14(21)25)12-7-2-6(5-23)26-13(7)9(17)3-8(12)16/h2-4,23H,5H2,1H3. The molecule has 0 unspecified atom stereocenters. The van der Waals surface area contributed by atoms with Gasteiger partial charge in [0, 0.05) is 19.2 Å². The van der Waals surface area contributed by atoms with Gasteiger partial charge in [0.25, 0.3) is 5.56 Å². The van der Waals surface area contributed by atoms with Crippen molar-refractivity contribution in [1.29, 1.82) is 0 Å². The average molecular weight is 376 g/mol. The summed E-state index contributed by atoms with van der Waals surface area (Å²) < 4.78 is 72.1.